The number of hydrogen-bond acceptors (Lipinski definition) is 6. The number of aliphatic hydroxyl groups is 1. The Balaban J connectivity index is 2.84. The average molecular weight is 165 g/mol. The third-order valence-electron chi connectivity index (χ3n) is 0.562. The summed E-state index contributed by atoms with van der Waals surface area (Å²) >= 11 is 0. The van der Waals surface area contributed by atoms with Gasteiger partial charge in [-0.05, 0) is 17.0 Å². The summed E-state index contributed by atoms with van der Waals surface area (Å²) in [5.41, 5.74) is 7.63. The highest BCUT2D eigenvalue weighted by molar-refractivity contribution is 4.26. The van der Waals surface area contributed by atoms with Crippen molar-refractivity contribution in [3.05, 3.63) is 10.4 Å². The maximum Gasteiger partial charge on any atom is 0.147 e. The van der Waals surface area contributed by atoms with Gasteiger partial charge in [-0.2, -0.15) is 0 Å². The van der Waals surface area contributed by atoms with E-state index in [9.17, 15) is 0 Å². The Kier molecular flexibility index (Phi) is 8.10. The van der Waals surface area contributed by atoms with E-state index in [1.807, 2.05) is 0 Å². The van der Waals surface area contributed by atoms with Crippen molar-refractivity contribution in [2.75, 3.05) is 13.2 Å². The summed E-state index contributed by atoms with van der Waals surface area (Å²) in [5, 5.41) is 18.3. The van der Waals surface area contributed by atoms with Gasteiger partial charge in [0.1, 0.15) is 5.28 Å². The van der Waals surface area contributed by atoms with Crippen LogP contribution in [0.25, 0.3) is 10.4 Å². The Morgan fingerprint density at radius 1 is 1.45 bits per heavy atom. The van der Waals surface area contributed by atoms with E-state index in [1.54, 1.807) is 0 Å². The fraction of sp³-hybridized carbons (Fsp3) is 1.00. The highest BCUT2D eigenvalue weighted by Crippen LogP contribution is 1.86. The van der Waals surface area contributed by atoms with Crippen LogP contribution in [0.4, 0.5) is 0 Å². The first-order valence-corrected chi connectivity index (χ1v) is 2.69. The highest BCUT2D eigenvalue weighted by Gasteiger charge is 1.88. The lowest BCUT2D eigenvalue weighted by Gasteiger charge is -1.96. The van der Waals surface area contributed by atoms with Crippen LogP contribution in [0.3, 0.4) is 0 Å². The fourth-order valence-electron chi connectivity index (χ4n) is 0.218. The Morgan fingerprint density at radius 2 is 2.27 bits per heavy atom. The van der Waals surface area contributed by atoms with Crippen molar-refractivity contribution in [2.45, 2.75) is 6.42 Å². The molecule has 0 radical (unpaired) electrons. The van der Waals surface area contributed by atoms with Gasteiger partial charge in [0.15, 0.2) is 0 Å². The van der Waals surface area contributed by atoms with Gasteiger partial charge in [0.05, 0.1) is 6.61 Å². The molecule has 0 aromatic heterocycles. The van der Waals surface area contributed by atoms with Crippen molar-refractivity contribution in [3.63, 3.8) is 0 Å². The first kappa shape index (κ1) is 9.95. The van der Waals surface area contributed by atoms with E-state index >= 15 is 0 Å². The van der Waals surface area contributed by atoms with Gasteiger partial charge in [0.25, 0.3) is 0 Å². The maximum atomic E-state index is 8.23. The molecule has 1 N–H and O–H groups in total. The van der Waals surface area contributed by atoms with E-state index in [2.05, 4.69) is 30.1 Å². The molecule has 8 nitrogen and oxygen atoms in total. The van der Waals surface area contributed by atoms with E-state index in [1.165, 1.54) is 0 Å². The average Bonchev–Trinajstić information content (AvgIpc) is 2.03. The van der Waals surface area contributed by atoms with Gasteiger partial charge in [-0.1, -0.05) is 0 Å². The second-order valence-corrected chi connectivity index (χ2v) is 1.28. The zero-order valence-electron chi connectivity index (χ0n) is 5.54. The zero-order valence-corrected chi connectivity index (χ0v) is 5.54. The van der Waals surface area contributed by atoms with E-state index in [0.29, 0.717) is 6.42 Å². The van der Waals surface area contributed by atoms with E-state index < -0.39 is 0 Å². The topological polar surface area (TPSA) is 106 Å². The molecular weight excluding hydrogens is 158 g/mol. The lowest BCUT2D eigenvalue weighted by atomic mass is 10.5. The lowest BCUT2D eigenvalue weighted by molar-refractivity contribution is -0.636. The zero-order chi connectivity index (χ0) is 8.36. The standard InChI is InChI=1S/C3H7N3O5/c4-5-6-9-11-10-8-3-1-2-7/h7H,1-3H2. The summed E-state index contributed by atoms with van der Waals surface area (Å²) < 4.78 is 0. The smallest absolute Gasteiger partial charge is 0.147 e. The van der Waals surface area contributed by atoms with Gasteiger partial charge in [-0.25, -0.2) is 9.88 Å². The molecule has 0 saturated carbocycles. The minimum atomic E-state index is -0.0133. The summed E-state index contributed by atoms with van der Waals surface area (Å²) in [4.78, 5) is 10.1. The predicted octanol–water partition coefficient (Wildman–Crippen LogP) is 0.405. The summed E-state index contributed by atoms with van der Waals surface area (Å²) in [6.45, 7) is 0.136. The molecule has 8 heteroatoms. The van der Waals surface area contributed by atoms with Crippen LogP contribution in [-0.4, -0.2) is 18.3 Å². The molecule has 0 spiro atoms. The van der Waals surface area contributed by atoms with Crippen LogP contribution in [-0.2, 0) is 20.0 Å². The number of azide groups is 1. The van der Waals surface area contributed by atoms with Gasteiger partial charge in [0.2, 0.25) is 0 Å². The minimum absolute atomic E-state index is 0.0133. The molecule has 64 valence electrons. The Morgan fingerprint density at radius 3 is 2.91 bits per heavy atom. The first-order chi connectivity index (χ1) is 5.41. The van der Waals surface area contributed by atoms with Crippen molar-refractivity contribution in [3.8, 4) is 0 Å². The number of hydrogen-bond donors (Lipinski definition) is 1. The largest absolute Gasteiger partial charge is 0.396 e. The molecule has 0 fully saturated rings. The van der Waals surface area contributed by atoms with Crippen LogP contribution in [0, 0.1) is 0 Å². The molecule has 0 aliphatic rings. The monoisotopic (exact) mass is 165 g/mol. The summed E-state index contributed by atoms with van der Waals surface area (Å²) in [5.74, 6) is 0. The third kappa shape index (κ3) is 8.95. The summed E-state index contributed by atoms with van der Waals surface area (Å²) in [6.07, 6.45) is 0.408. The van der Waals surface area contributed by atoms with Gasteiger partial charge >= 0.3 is 0 Å². The predicted molar refractivity (Wildman–Crippen MR) is 30.1 cm³/mol. The van der Waals surface area contributed by atoms with Gasteiger partial charge in [-0.15, -0.1) is 0 Å². The first-order valence-electron chi connectivity index (χ1n) is 2.69. The molecule has 11 heavy (non-hydrogen) atoms. The van der Waals surface area contributed by atoms with Crippen molar-refractivity contribution >= 4 is 0 Å². The lowest BCUT2D eigenvalue weighted by Crippen LogP contribution is -1.98. The van der Waals surface area contributed by atoms with Crippen LogP contribution in [0.1, 0.15) is 6.42 Å². The molecule has 0 rings (SSSR count). The second-order valence-electron chi connectivity index (χ2n) is 1.28. The molecule has 0 saturated heterocycles. The molecule has 0 unspecified atom stereocenters. The Labute approximate surface area is 61.6 Å². The molecule has 0 aliphatic carbocycles. The number of nitrogens with zero attached hydrogens (tertiary/aromatic N) is 3. The molecule has 0 heterocycles. The van der Waals surface area contributed by atoms with Crippen LogP contribution < -0.4 is 0 Å². The molecular formula is C3H7N3O5. The molecule has 0 aromatic carbocycles. The van der Waals surface area contributed by atoms with Crippen LogP contribution in [0.5, 0.6) is 0 Å². The quantitative estimate of drug-likeness (QED) is 0.147. The van der Waals surface area contributed by atoms with Crippen molar-refractivity contribution in [1.29, 1.82) is 0 Å². The van der Waals surface area contributed by atoms with E-state index in [0.717, 1.165) is 0 Å². The van der Waals surface area contributed by atoms with E-state index in [4.69, 9.17) is 10.6 Å². The Bertz CT molecular complexity index is 124. The SMILES string of the molecule is [N-]=[N+]=NOOOOCCCO. The second kappa shape index (κ2) is 8.95. The van der Waals surface area contributed by atoms with Gasteiger partial charge < -0.3 is 5.11 Å². The number of rotatable bonds is 7. The minimum Gasteiger partial charge on any atom is -0.396 e. The Hall–Kier alpha value is -1.05. The van der Waals surface area contributed by atoms with Crippen LogP contribution in [0.15, 0.2) is 5.28 Å². The maximum absolute atomic E-state index is 8.23. The van der Waals surface area contributed by atoms with E-state index in [-0.39, 0.29) is 13.2 Å². The third-order valence-corrected chi connectivity index (χ3v) is 0.562. The van der Waals surface area contributed by atoms with Crippen LogP contribution >= 0.6 is 0 Å². The van der Waals surface area contributed by atoms with Crippen molar-refractivity contribution in [1.82, 2.24) is 0 Å². The molecule has 0 aliphatic heterocycles. The fourth-order valence-corrected chi connectivity index (χ4v) is 0.218. The molecule has 0 atom stereocenters. The normalized spacial score (nSPS) is 8.82. The van der Waals surface area contributed by atoms with Gasteiger partial charge in [-0.3, -0.25) is 0 Å². The van der Waals surface area contributed by atoms with Crippen LogP contribution in [0.2, 0.25) is 0 Å². The summed E-state index contributed by atoms with van der Waals surface area (Å²) in [6, 6.07) is 0. The molecule has 0 aromatic rings. The van der Waals surface area contributed by atoms with Crippen molar-refractivity contribution in [2.24, 2.45) is 5.28 Å². The summed E-state index contributed by atoms with van der Waals surface area (Å²) in [7, 11) is 0. The van der Waals surface area contributed by atoms with Crippen molar-refractivity contribution < 1.29 is 25.1 Å². The highest BCUT2D eigenvalue weighted by atomic mass is 17.7. The molecule has 0 bridgehead atoms. The molecule has 0 amide bonds. The van der Waals surface area contributed by atoms with Gasteiger partial charge in [0, 0.05) is 16.6 Å². The number of aliphatic hydroxyl groups excluding tert-OH is 1.